The van der Waals surface area contributed by atoms with Crippen molar-refractivity contribution in [2.45, 2.75) is 4.71 Å². The summed E-state index contributed by atoms with van der Waals surface area (Å²) in [5.41, 5.74) is 2.35. The first kappa shape index (κ1) is 22.0. The van der Waals surface area contributed by atoms with E-state index in [0.29, 0.717) is 27.9 Å². The Morgan fingerprint density at radius 3 is 2.56 bits per heavy atom. The van der Waals surface area contributed by atoms with E-state index in [2.05, 4.69) is 25.3 Å². The Morgan fingerprint density at radius 2 is 1.88 bits per heavy atom. The van der Waals surface area contributed by atoms with Crippen LogP contribution in [-0.2, 0) is 0 Å². The Hall–Kier alpha value is -3.26. The zero-order valence-corrected chi connectivity index (χ0v) is 19.4. The molecule has 0 spiro atoms. The minimum absolute atomic E-state index is 0.105. The van der Waals surface area contributed by atoms with E-state index >= 15 is 0 Å². The van der Waals surface area contributed by atoms with Crippen molar-refractivity contribution in [1.82, 2.24) is 19.9 Å². The van der Waals surface area contributed by atoms with Crippen LogP contribution >= 0.6 is 0 Å². The molecule has 0 aliphatic heterocycles. The molecule has 2 aromatic heterocycles. The topological polar surface area (TPSA) is 126 Å². The van der Waals surface area contributed by atoms with Crippen LogP contribution in [0.4, 0.5) is 11.6 Å². The summed E-state index contributed by atoms with van der Waals surface area (Å²) in [6.45, 7) is -0.210. The van der Waals surface area contributed by atoms with Gasteiger partial charge in [-0.05, 0) is 0 Å². The van der Waals surface area contributed by atoms with E-state index in [1.165, 1.54) is 6.39 Å². The predicted octanol–water partition coefficient (Wildman–Crippen LogP) is 1.78. The first-order chi connectivity index (χ1) is 15.7. The van der Waals surface area contributed by atoms with Crippen molar-refractivity contribution < 1.29 is 19.4 Å². The van der Waals surface area contributed by atoms with Crippen molar-refractivity contribution in [2.24, 2.45) is 0 Å². The Morgan fingerprint density at radius 1 is 1.06 bits per heavy atom. The molecule has 0 amide bonds. The van der Waals surface area contributed by atoms with Gasteiger partial charge < -0.3 is 0 Å². The average molecular weight is 495 g/mol. The van der Waals surface area contributed by atoms with Gasteiger partial charge in [-0.2, -0.15) is 0 Å². The summed E-state index contributed by atoms with van der Waals surface area (Å²) in [5.74, 6) is 2.12. The quantitative estimate of drug-likeness (QED) is 0.298. The molecule has 0 aliphatic carbocycles. The first-order valence-electron chi connectivity index (χ1n) is 9.84. The van der Waals surface area contributed by atoms with Gasteiger partial charge in [0.05, 0.1) is 0 Å². The van der Waals surface area contributed by atoms with Crippen molar-refractivity contribution in [3.05, 3.63) is 61.1 Å². The van der Waals surface area contributed by atoms with Crippen molar-refractivity contribution in [3.8, 4) is 28.5 Å². The second kappa shape index (κ2) is 10.4. The van der Waals surface area contributed by atoms with E-state index in [4.69, 9.17) is 9.15 Å². The van der Waals surface area contributed by atoms with Gasteiger partial charge in [-0.15, -0.1) is 0 Å². The number of aliphatic hydroxyl groups is 2. The fourth-order valence-corrected chi connectivity index (χ4v) is 4.86. The number of methoxy groups -OCH3 is 1. The Bertz CT molecular complexity index is 1150. The minimum atomic E-state index is -0.983. The number of oxazole rings is 1. The zero-order chi connectivity index (χ0) is 22.3. The molecule has 0 saturated carbocycles. The van der Waals surface area contributed by atoms with Gasteiger partial charge in [0.25, 0.3) is 0 Å². The molecular formula is C22H22AsN5O4. The second-order valence-electron chi connectivity index (χ2n) is 6.78. The maximum atomic E-state index is 9.50. The summed E-state index contributed by atoms with van der Waals surface area (Å²) in [5, 5.41) is 22.2. The number of hydrogen-bond acceptors (Lipinski definition) is 9. The Balaban J connectivity index is 1.68. The van der Waals surface area contributed by atoms with E-state index in [0.717, 1.165) is 16.8 Å². The molecule has 2 heterocycles. The summed E-state index contributed by atoms with van der Waals surface area (Å²) in [7, 11) is 1.59. The van der Waals surface area contributed by atoms with E-state index in [9.17, 15) is 10.2 Å². The van der Waals surface area contributed by atoms with Crippen LogP contribution in [0.25, 0.3) is 22.7 Å². The number of rotatable bonds is 9. The van der Waals surface area contributed by atoms with Crippen LogP contribution in [0, 0.1) is 0 Å². The number of nitrogens with zero attached hydrogens (tertiary/aromatic N) is 4. The molecule has 32 heavy (non-hydrogen) atoms. The van der Waals surface area contributed by atoms with E-state index in [1.807, 2.05) is 48.5 Å². The third-order valence-electron chi connectivity index (χ3n) is 4.60. The molecule has 4 aromatic rings. The molecule has 164 valence electrons. The van der Waals surface area contributed by atoms with E-state index in [1.54, 1.807) is 13.3 Å². The third-order valence-corrected chi connectivity index (χ3v) is 7.23. The van der Waals surface area contributed by atoms with Crippen LogP contribution in [0.15, 0.2) is 65.5 Å². The van der Waals surface area contributed by atoms with Crippen LogP contribution in [-0.4, -0.2) is 66.2 Å². The molecular weight excluding hydrogens is 473 g/mol. The van der Waals surface area contributed by atoms with Gasteiger partial charge in [-0.3, -0.25) is 0 Å². The second-order valence-corrected chi connectivity index (χ2v) is 10.0. The molecule has 0 saturated heterocycles. The first-order valence-corrected chi connectivity index (χ1v) is 12.1. The summed E-state index contributed by atoms with van der Waals surface area (Å²) < 4.78 is 11.3. The van der Waals surface area contributed by atoms with Crippen molar-refractivity contribution in [3.63, 3.8) is 0 Å². The van der Waals surface area contributed by atoms with Crippen LogP contribution < -0.4 is 14.7 Å². The summed E-state index contributed by atoms with van der Waals surface area (Å²) in [4.78, 5) is 17.7. The molecule has 4 rings (SSSR count). The molecule has 0 radical (unpaired) electrons. The molecule has 1 unspecified atom stereocenters. The summed E-state index contributed by atoms with van der Waals surface area (Å²) in [6.07, 6.45) is 2.99. The standard InChI is InChI=1S/C22H22AsN5O4/c1-31-18-9-16(7-8-17(18)19-10-24-13-32-19)25-22-27-20(14-5-3-2-4-6-14)26-21(28-22)23-15(11-29)12-30/h2-10,13,15,23,29-30H,11-12H2,1H3,(H,25,26,27,28). The van der Waals surface area contributed by atoms with E-state index < -0.39 is 15.8 Å². The van der Waals surface area contributed by atoms with E-state index in [-0.39, 0.29) is 17.9 Å². The van der Waals surface area contributed by atoms with Crippen molar-refractivity contribution in [1.29, 1.82) is 0 Å². The fourth-order valence-electron chi connectivity index (χ4n) is 2.99. The zero-order valence-electron chi connectivity index (χ0n) is 17.3. The Labute approximate surface area is 191 Å². The van der Waals surface area contributed by atoms with Crippen LogP contribution in [0.3, 0.4) is 0 Å². The number of aliphatic hydroxyl groups excluding tert-OH is 2. The number of benzene rings is 2. The SMILES string of the molecule is COc1cc(Nc2nc([AsH]C(CO)CO)nc(-c3ccccc3)n2)ccc1-c1cnco1. The molecule has 1 atom stereocenters. The molecule has 0 bridgehead atoms. The number of ether oxygens (including phenoxy) is 1. The predicted molar refractivity (Wildman–Crippen MR) is 122 cm³/mol. The molecule has 3 N–H and O–H groups in total. The van der Waals surface area contributed by atoms with Gasteiger partial charge in [0.15, 0.2) is 0 Å². The Kier molecular flexibility index (Phi) is 7.11. The van der Waals surface area contributed by atoms with Crippen molar-refractivity contribution >= 4 is 32.0 Å². The maximum absolute atomic E-state index is 9.50. The normalized spacial score (nSPS) is 11.4. The summed E-state index contributed by atoms with van der Waals surface area (Å²) in [6, 6.07) is 15.2. The number of anilines is 2. The summed E-state index contributed by atoms with van der Waals surface area (Å²) >= 11 is -0.983. The van der Waals surface area contributed by atoms with Gasteiger partial charge in [-0.1, -0.05) is 0 Å². The molecule has 0 aliphatic rings. The van der Waals surface area contributed by atoms with Gasteiger partial charge in [0, 0.05) is 0 Å². The van der Waals surface area contributed by atoms with Crippen LogP contribution in [0.2, 0.25) is 4.71 Å². The number of nitrogens with one attached hydrogen (secondary N) is 1. The van der Waals surface area contributed by atoms with Gasteiger partial charge in [0.1, 0.15) is 0 Å². The van der Waals surface area contributed by atoms with Gasteiger partial charge in [-0.25, -0.2) is 0 Å². The monoisotopic (exact) mass is 495 g/mol. The van der Waals surface area contributed by atoms with Crippen LogP contribution in [0.1, 0.15) is 0 Å². The van der Waals surface area contributed by atoms with Crippen molar-refractivity contribution in [2.75, 3.05) is 25.6 Å². The molecule has 9 nitrogen and oxygen atoms in total. The number of hydrogen-bond donors (Lipinski definition) is 3. The number of aromatic nitrogens is 4. The molecule has 0 fully saturated rings. The fraction of sp³-hybridized carbons (Fsp3) is 0.182. The third kappa shape index (κ3) is 5.13. The van der Waals surface area contributed by atoms with Gasteiger partial charge >= 0.3 is 191 Å². The average Bonchev–Trinajstić information content (AvgIpc) is 3.37. The van der Waals surface area contributed by atoms with Gasteiger partial charge in [0.2, 0.25) is 0 Å². The molecule has 2 aromatic carbocycles. The van der Waals surface area contributed by atoms with Crippen LogP contribution in [0.5, 0.6) is 5.75 Å². The molecule has 10 heteroatoms.